The lowest BCUT2D eigenvalue weighted by Crippen LogP contribution is -2.13. The molecule has 0 aliphatic heterocycles. The van der Waals surface area contributed by atoms with Crippen LogP contribution in [0.5, 0.6) is 0 Å². The molecule has 92 valence electrons. The topological polar surface area (TPSA) is 82.0 Å². The highest BCUT2D eigenvalue weighted by atomic mass is 79.9. The first-order valence-corrected chi connectivity index (χ1v) is 6.66. The van der Waals surface area contributed by atoms with Gasteiger partial charge in [0.15, 0.2) is 0 Å². The van der Waals surface area contributed by atoms with E-state index in [-0.39, 0.29) is 0 Å². The molecule has 1 aromatic carbocycles. The molecule has 1 amide bonds. The van der Waals surface area contributed by atoms with Crippen molar-refractivity contribution >= 4 is 39.3 Å². The number of hydrogen-bond acceptors (Lipinski definition) is 4. The van der Waals surface area contributed by atoms with Crippen LogP contribution in [0.4, 0.5) is 5.69 Å². The van der Waals surface area contributed by atoms with Crippen molar-refractivity contribution in [1.82, 2.24) is 4.98 Å². The average molecular weight is 324 g/mol. The Kier molecular flexibility index (Phi) is 3.88. The third-order valence-electron chi connectivity index (χ3n) is 2.15. The molecule has 2 rings (SSSR count). The number of primary amides is 1. The molecule has 0 atom stereocenters. The first kappa shape index (κ1) is 12.9. The van der Waals surface area contributed by atoms with Gasteiger partial charge >= 0.3 is 0 Å². The zero-order chi connectivity index (χ0) is 13.1. The minimum Gasteiger partial charge on any atom is -0.397 e. The van der Waals surface area contributed by atoms with Crippen LogP contribution in [-0.4, -0.2) is 10.9 Å². The summed E-state index contributed by atoms with van der Waals surface area (Å²) in [6.45, 7) is 0. The summed E-state index contributed by atoms with van der Waals surface area (Å²) >= 11 is 4.76. The lowest BCUT2D eigenvalue weighted by Gasteiger charge is -2.06. The van der Waals surface area contributed by atoms with Gasteiger partial charge in [-0.05, 0) is 24.3 Å². The van der Waals surface area contributed by atoms with Gasteiger partial charge in [-0.2, -0.15) is 0 Å². The summed E-state index contributed by atoms with van der Waals surface area (Å²) in [4.78, 5) is 16.4. The average Bonchev–Trinajstić information content (AvgIpc) is 2.31. The van der Waals surface area contributed by atoms with E-state index in [0.717, 1.165) is 9.37 Å². The van der Waals surface area contributed by atoms with Crippen molar-refractivity contribution in [3.05, 3.63) is 46.6 Å². The normalized spacial score (nSPS) is 10.3. The first-order chi connectivity index (χ1) is 8.56. The molecule has 6 heteroatoms. The van der Waals surface area contributed by atoms with Crippen molar-refractivity contribution in [3.8, 4) is 0 Å². The standard InChI is InChI=1S/C12H10BrN3OS/c13-7-2-1-3-9(4-7)18-12-10(11(15)17)5-8(14)6-16-12/h1-6H,14H2,(H2,15,17). The number of hydrogen-bond donors (Lipinski definition) is 2. The van der Waals surface area contributed by atoms with Gasteiger partial charge in [0.25, 0.3) is 5.91 Å². The maximum atomic E-state index is 11.3. The summed E-state index contributed by atoms with van der Waals surface area (Å²) in [5.74, 6) is -0.535. The molecular formula is C12H10BrN3OS. The fourth-order valence-electron chi connectivity index (χ4n) is 1.37. The van der Waals surface area contributed by atoms with E-state index in [9.17, 15) is 4.79 Å². The van der Waals surface area contributed by atoms with Crippen LogP contribution in [0.1, 0.15) is 10.4 Å². The minimum absolute atomic E-state index is 0.333. The minimum atomic E-state index is -0.535. The monoisotopic (exact) mass is 323 g/mol. The largest absolute Gasteiger partial charge is 0.397 e. The Balaban J connectivity index is 2.37. The van der Waals surface area contributed by atoms with Gasteiger partial charge in [0.1, 0.15) is 5.03 Å². The molecule has 0 aliphatic rings. The molecule has 0 unspecified atom stereocenters. The second-order valence-electron chi connectivity index (χ2n) is 3.55. The van der Waals surface area contributed by atoms with Gasteiger partial charge in [-0.25, -0.2) is 4.98 Å². The fourth-order valence-corrected chi connectivity index (χ4v) is 2.85. The predicted molar refractivity (Wildman–Crippen MR) is 75.4 cm³/mol. The number of anilines is 1. The number of nitrogens with two attached hydrogens (primary N) is 2. The van der Waals surface area contributed by atoms with Gasteiger partial charge in [0, 0.05) is 9.37 Å². The lowest BCUT2D eigenvalue weighted by molar-refractivity contribution is 0.0997. The summed E-state index contributed by atoms with van der Waals surface area (Å²) in [7, 11) is 0. The number of pyridine rings is 1. The van der Waals surface area contributed by atoms with Crippen molar-refractivity contribution in [2.45, 2.75) is 9.92 Å². The van der Waals surface area contributed by atoms with E-state index in [1.165, 1.54) is 24.0 Å². The third kappa shape index (κ3) is 3.02. The van der Waals surface area contributed by atoms with E-state index in [0.29, 0.717) is 16.3 Å². The maximum absolute atomic E-state index is 11.3. The van der Waals surface area contributed by atoms with E-state index >= 15 is 0 Å². The Hall–Kier alpha value is -1.53. The molecule has 4 N–H and O–H groups in total. The highest BCUT2D eigenvalue weighted by Crippen LogP contribution is 2.30. The number of nitrogen functional groups attached to an aromatic ring is 1. The molecule has 0 fully saturated rings. The van der Waals surface area contributed by atoms with Crippen LogP contribution in [0.25, 0.3) is 0 Å². The van der Waals surface area contributed by atoms with Gasteiger partial charge in [-0.1, -0.05) is 33.8 Å². The van der Waals surface area contributed by atoms with Crippen molar-refractivity contribution in [2.24, 2.45) is 5.73 Å². The summed E-state index contributed by atoms with van der Waals surface area (Å²) in [5, 5.41) is 0.551. The quantitative estimate of drug-likeness (QED) is 0.909. The van der Waals surface area contributed by atoms with Crippen molar-refractivity contribution < 1.29 is 4.79 Å². The van der Waals surface area contributed by atoms with Crippen molar-refractivity contribution in [3.63, 3.8) is 0 Å². The summed E-state index contributed by atoms with van der Waals surface area (Å²) in [5.41, 5.74) is 11.7. The van der Waals surface area contributed by atoms with Crippen LogP contribution < -0.4 is 11.5 Å². The zero-order valence-corrected chi connectivity index (χ0v) is 11.7. The second-order valence-corrected chi connectivity index (χ2v) is 5.52. The summed E-state index contributed by atoms with van der Waals surface area (Å²) in [6.07, 6.45) is 1.51. The van der Waals surface area contributed by atoms with E-state index in [2.05, 4.69) is 20.9 Å². The lowest BCUT2D eigenvalue weighted by atomic mass is 10.2. The smallest absolute Gasteiger partial charge is 0.251 e. The molecule has 0 bridgehead atoms. The molecule has 0 saturated carbocycles. The number of carbonyl (C=O) groups is 1. The van der Waals surface area contributed by atoms with Crippen LogP contribution >= 0.6 is 27.7 Å². The number of halogens is 1. The molecular weight excluding hydrogens is 314 g/mol. The highest BCUT2D eigenvalue weighted by Gasteiger charge is 2.11. The molecule has 1 heterocycles. The summed E-state index contributed by atoms with van der Waals surface area (Å²) in [6, 6.07) is 9.24. The van der Waals surface area contributed by atoms with E-state index in [1.54, 1.807) is 0 Å². The SMILES string of the molecule is NC(=O)c1cc(N)cnc1Sc1cccc(Br)c1. The van der Waals surface area contributed by atoms with Crippen molar-refractivity contribution in [2.75, 3.05) is 5.73 Å². The van der Waals surface area contributed by atoms with Crippen LogP contribution in [0.2, 0.25) is 0 Å². The van der Waals surface area contributed by atoms with Crippen LogP contribution in [0.15, 0.2) is 50.9 Å². The Morgan fingerprint density at radius 2 is 2.11 bits per heavy atom. The van der Waals surface area contributed by atoms with Gasteiger partial charge in [0.2, 0.25) is 0 Å². The third-order valence-corrected chi connectivity index (χ3v) is 3.65. The van der Waals surface area contributed by atoms with Gasteiger partial charge in [-0.15, -0.1) is 0 Å². The number of carbonyl (C=O) groups excluding carboxylic acids is 1. The Bertz CT molecular complexity index is 604. The Morgan fingerprint density at radius 3 is 2.78 bits per heavy atom. The zero-order valence-electron chi connectivity index (χ0n) is 9.26. The van der Waals surface area contributed by atoms with Gasteiger partial charge < -0.3 is 11.5 Å². The summed E-state index contributed by atoms with van der Waals surface area (Å²) < 4.78 is 0.962. The maximum Gasteiger partial charge on any atom is 0.251 e. The molecule has 0 saturated heterocycles. The molecule has 1 aromatic heterocycles. The number of nitrogens with zero attached hydrogens (tertiary/aromatic N) is 1. The number of aromatic nitrogens is 1. The van der Waals surface area contributed by atoms with Crippen molar-refractivity contribution in [1.29, 1.82) is 0 Å². The number of benzene rings is 1. The molecule has 18 heavy (non-hydrogen) atoms. The number of rotatable bonds is 3. The van der Waals surface area contributed by atoms with E-state index in [1.807, 2.05) is 24.3 Å². The first-order valence-electron chi connectivity index (χ1n) is 5.05. The van der Waals surface area contributed by atoms with Gasteiger partial charge in [-0.3, -0.25) is 4.79 Å². The number of amides is 1. The van der Waals surface area contributed by atoms with Crippen LogP contribution in [-0.2, 0) is 0 Å². The second kappa shape index (κ2) is 5.41. The van der Waals surface area contributed by atoms with E-state index < -0.39 is 5.91 Å². The molecule has 0 radical (unpaired) electrons. The van der Waals surface area contributed by atoms with E-state index in [4.69, 9.17) is 11.5 Å². The molecule has 2 aromatic rings. The van der Waals surface area contributed by atoms with Crippen LogP contribution in [0.3, 0.4) is 0 Å². The predicted octanol–water partition coefficient (Wildman–Crippen LogP) is 2.68. The van der Waals surface area contributed by atoms with Crippen LogP contribution in [0, 0.1) is 0 Å². The molecule has 4 nitrogen and oxygen atoms in total. The highest BCUT2D eigenvalue weighted by molar-refractivity contribution is 9.10. The Morgan fingerprint density at radius 1 is 1.33 bits per heavy atom. The Labute approximate surface area is 117 Å². The molecule has 0 spiro atoms. The fraction of sp³-hybridized carbons (Fsp3) is 0. The van der Waals surface area contributed by atoms with Gasteiger partial charge in [0.05, 0.1) is 17.4 Å². The molecule has 0 aliphatic carbocycles.